The molecule has 2 heterocycles. The second-order valence-electron chi connectivity index (χ2n) is 7.82. The van der Waals surface area contributed by atoms with Gasteiger partial charge in [-0.15, -0.1) is 0 Å². The summed E-state index contributed by atoms with van der Waals surface area (Å²) in [6, 6.07) is 2.19. The molecule has 1 spiro atoms. The number of aryl methyl sites for hydroxylation is 1. The van der Waals surface area contributed by atoms with Gasteiger partial charge in [0, 0.05) is 36.3 Å². The highest BCUT2D eigenvalue weighted by molar-refractivity contribution is 5.76. The number of carbonyl (C=O) groups excluding carboxylic acids is 1. The minimum Gasteiger partial charge on any atom is -0.391 e. The van der Waals surface area contributed by atoms with E-state index in [-0.39, 0.29) is 17.4 Å². The van der Waals surface area contributed by atoms with Gasteiger partial charge in [0.1, 0.15) is 6.33 Å². The number of carbonyl (C=O) groups is 1. The zero-order chi connectivity index (χ0) is 17.3. The molecule has 2 N–H and O–H groups in total. The van der Waals surface area contributed by atoms with E-state index in [0.29, 0.717) is 24.8 Å². The molecule has 6 heteroatoms. The van der Waals surface area contributed by atoms with Crippen LogP contribution in [0.25, 0.3) is 0 Å². The fourth-order valence-corrected chi connectivity index (χ4v) is 4.98. The largest absolute Gasteiger partial charge is 0.391 e. The molecule has 2 fully saturated rings. The molecule has 1 aliphatic heterocycles. The maximum Gasteiger partial charge on any atom is 0.220 e. The van der Waals surface area contributed by atoms with Crippen molar-refractivity contribution in [3.8, 4) is 0 Å². The van der Waals surface area contributed by atoms with Crippen molar-refractivity contribution < 1.29 is 9.90 Å². The van der Waals surface area contributed by atoms with Crippen molar-refractivity contribution in [2.24, 2.45) is 11.3 Å². The Hall–Kier alpha value is -1.53. The van der Waals surface area contributed by atoms with Crippen LogP contribution in [0.4, 0.5) is 0 Å². The van der Waals surface area contributed by atoms with Gasteiger partial charge in [-0.3, -0.25) is 4.79 Å². The number of nitrogens with one attached hydrogen (secondary N) is 1. The van der Waals surface area contributed by atoms with E-state index >= 15 is 0 Å². The van der Waals surface area contributed by atoms with Gasteiger partial charge in [-0.2, -0.15) is 0 Å². The van der Waals surface area contributed by atoms with Crippen molar-refractivity contribution in [3.63, 3.8) is 0 Å². The van der Waals surface area contributed by atoms with E-state index in [1.54, 1.807) is 6.20 Å². The zero-order valence-corrected chi connectivity index (χ0v) is 14.8. The van der Waals surface area contributed by atoms with Gasteiger partial charge >= 0.3 is 0 Å². The fourth-order valence-electron chi connectivity index (χ4n) is 4.98. The van der Waals surface area contributed by atoms with E-state index in [9.17, 15) is 9.90 Å². The van der Waals surface area contributed by atoms with Gasteiger partial charge in [-0.25, -0.2) is 9.97 Å². The molecule has 1 saturated carbocycles. The lowest BCUT2D eigenvalue weighted by Crippen LogP contribution is -2.64. The second kappa shape index (κ2) is 6.76. The highest BCUT2D eigenvalue weighted by Gasteiger charge is 2.58. The SMILES string of the molecule is CC(C)C1N(C)CC12C[C@@H](O)[C@H](NC(=O)CCc1ccncn1)C2. The van der Waals surface area contributed by atoms with Gasteiger partial charge in [-0.1, -0.05) is 13.8 Å². The molecule has 24 heavy (non-hydrogen) atoms. The van der Waals surface area contributed by atoms with Crippen molar-refractivity contribution in [2.75, 3.05) is 13.6 Å². The number of hydrogen-bond donors (Lipinski definition) is 2. The summed E-state index contributed by atoms with van der Waals surface area (Å²) in [6.07, 6.45) is 5.39. The Morgan fingerprint density at radius 3 is 2.92 bits per heavy atom. The first kappa shape index (κ1) is 17.3. The Morgan fingerprint density at radius 2 is 2.29 bits per heavy atom. The summed E-state index contributed by atoms with van der Waals surface area (Å²) in [6.45, 7) is 5.49. The Labute approximate surface area is 143 Å². The van der Waals surface area contributed by atoms with E-state index < -0.39 is 6.10 Å². The van der Waals surface area contributed by atoms with Gasteiger partial charge in [0.05, 0.1) is 12.1 Å². The summed E-state index contributed by atoms with van der Waals surface area (Å²) >= 11 is 0. The average molecular weight is 332 g/mol. The summed E-state index contributed by atoms with van der Waals surface area (Å²) in [5.41, 5.74) is 1.02. The standard InChI is InChI=1S/C18H28N4O2/c1-12(2)17-18(10-22(17)3)8-14(15(23)9-18)21-16(24)5-4-13-6-7-19-11-20-13/h6-7,11-12,14-15,17,23H,4-5,8-10H2,1-3H3,(H,21,24)/t14-,15-,17?,18?/m1/s1. The second-order valence-corrected chi connectivity index (χ2v) is 7.82. The van der Waals surface area contributed by atoms with Crippen LogP contribution in [0.2, 0.25) is 0 Å². The predicted molar refractivity (Wildman–Crippen MR) is 91.2 cm³/mol. The maximum absolute atomic E-state index is 12.2. The van der Waals surface area contributed by atoms with Crippen molar-refractivity contribution in [3.05, 3.63) is 24.3 Å². The van der Waals surface area contributed by atoms with Gasteiger partial charge in [0.25, 0.3) is 0 Å². The van der Waals surface area contributed by atoms with Crippen LogP contribution < -0.4 is 5.32 Å². The van der Waals surface area contributed by atoms with E-state index in [4.69, 9.17) is 0 Å². The van der Waals surface area contributed by atoms with Crippen LogP contribution >= 0.6 is 0 Å². The minimum absolute atomic E-state index is 0.0107. The van der Waals surface area contributed by atoms with Crippen LogP contribution in [-0.2, 0) is 11.2 Å². The fraction of sp³-hybridized carbons (Fsp3) is 0.722. The van der Waals surface area contributed by atoms with Crippen LogP contribution in [-0.4, -0.2) is 57.7 Å². The zero-order valence-electron chi connectivity index (χ0n) is 14.8. The number of rotatable bonds is 5. The van der Waals surface area contributed by atoms with Crippen LogP contribution in [0.1, 0.15) is 38.8 Å². The number of likely N-dealkylation sites (tertiary alicyclic amines) is 1. The van der Waals surface area contributed by atoms with Gasteiger partial charge in [-0.05, 0) is 38.3 Å². The lowest BCUT2D eigenvalue weighted by molar-refractivity contribution is -0.122. The quantitative estimate of drug-likeness (QED) is 0.841. The molecule has 4 atom stereocenters. The molecular formula is C18H28N4O2. The number of aliphatic hydroxyl groups is 1. The average Bonchev–Trinajstić information content (AvgIpc) is 2.83. The number of nitrogens with zero attached hydrogens (tertiary/aromatic N) is 3. The molecule has 1 saturated heterocycles. The molecule has 1 aliphatic carbocycles. The number of amides is 1. The van der Waals surface area contributed by atoms with Crippen molar-refractivity contribution in [2.45, 2.75) is 57.7 Å². The van der Waals surface area contributed by atoms with Crippen LogP contribution in [0, 0.1) is 11.3 Å². The molecule has 1 aromatic heterocycles. The molecule has 6 nitrogen and oxygen atoms in total. The maximum atomic E-state index is 12.2. The third kappa shape index (κ3) is 3.30. The predicted octanol–water partition coefficient (Wildman–Crippen LogP) is 1.01. The number of aromatic nitrogens is 2. The van der Waals surface area contributed by atoms with Crippen molar-refractivity contribution >= 4 is 5.91 Å². The number of aliphatic hydroxyl groups excluding tert-OH is 1. The molecule has 1 aromatic rings. The first-order valence-electron chi connectivity index (χ1n) is 8.84. The number of hydrogen-bond acceptors (Lipinski definition) is 5. The molecule has 1 amide bonds. The Morgan fingerprint density at radius 1 is 1.50 bits per heavy atom. The molecular weight excluding hydrogens is 304 g/mol. The summed E-state index contributed by atoms with van der Waals surface area (Å²) in [5.74, 6) is 0.548. The van der Waals surface area contributed by atoms with Gasteiger partial charge < -0.3 is 15.3 Å². The lowest BCUT2D eigenvalue weighted by atomic mass is 9.66. The van der Waals surface area contributed by atoms with E-state index in [1.165, 1.54) is 6.33 Å². The van der Waals surface area contributed by atoms with E-state index in [2.05, 4.69) is 41.1 Å². The molecule has 0 radical (unpaired) electrons. The monoisotopic (exact) mass is 332 g/mol. The van der Waals surface area contributed by atoms with Crippen LogP contribution in [0.15, 0.2) is 18.6 Å². The topological polar surface area (TPSA) is 78.4 Å². The van der Waals surface area contributed by atoms with E-state index in [1.807, 2.05) is 6.07 Å². The third-order valence-corrected chi connectivity index (χ3v) is 5.60. The minimum atomic E-state index is -0.442. The van der Waals surface area contributed by atoms with E-state index in [0.717, 1.165) is 25.1 Å². The smallest absolute Gasteiger partial charge is 0.220 e. The molecule has 3 rings (SSSR count). The first-order valence-corrected chi connectivity index (χ1v) is 8.84. The summed E-state index contributed by atoms with van der Waals surface area (Å²) in [4.78, 5) is 22.6. The highest BCUT2D eigenvalue weighted by atomic mass is 16.3. The molecule has 0 aromatic carbocycles. The van der Waals surface area contributed by atoms with Gasteiger partial charge in [0.15, 0.2) is 0 Å². The van der Waals surface area contributed by atoms with Crippen molar-refractivity contribution in [1.82, 2.24) is 20.2 Å². The van der Waals surface area contributed by atoms with Gasteiger partial charge in [0.2, 0.25) is 5.91 Å². The summed E-state index contributed by atoms with van der Waals surface area (Å²) in [5, 5.41) is 13.5. The Bertz CT molecular complexity index is 575. The third-order valence-electron chi connectivity index (χ3n) is 5.60. The molecule has 132 valence electrons. The van der Waals surface area contributed by atoms with Crippen molar-refractivity contribution in [1.29, 1.82) is 0 Å². The summed E-state index contributed by atoms with van der Waals surface area (Å²) < 4.78 is 0. The molecule has 2 unspecified atom stereocenters. The molecule has 2 aliphatic rings. The summed E-state index contributed by atoms with van der Waals surface area (Å²) in [7, 11) is 2.15. The molecule has 0 bridgehead atoms. The van der Waals surface area contributed by atoms with Crippen LogP contribution in [0.3, 0.4) is 0 Å². The normalized spacial score (nSPS) is 33.0. The first-order chi connectivity index (χ1) is 11.4. The Balaban J connectivity index is 1.53. The Kier molecular flexibility index (Phi) is 4.88. The highest BCUT2D eigenvalue weighted by Crippen LogP contribution is 2.52. The van der Waals surface area contributed by atoms with Crippen LogP contribution in [0.5, 0.6) is 0 Å². The lowest BCUT2D eigenvalue weighted by Gasteiger charge is -2.57.